The average Bonchev–Trinajstić information content (AvgIpc) is 2.88. The molecule has 2 bridgehead atoms. The van der Waals surface area contributed by atoms with Gasteiger partial charge < -0.3 is 5.32 Å². The summed E-state index contributed by atoms with van der Waals surface area (Å²) in [5.74, 6) is 2.20. The summed E-state index contributed by atoms with van der Waals surface area (Å²) in [4.78, 5) is 12.5. The van der Waals surface area contributed by atoms with Crippen molar-refractivity contribution in [2.75, 3.05) is 6.54 Å². The topological polar surface area (TPSA) is 29.1 Å². The fourth-order valence-corrected chi connectivity index (χ4v) is 3.94. The van der Waals surface area contributed by atoms with E-state index >= 15 is 0 Å². The van der Waals surface area contributed by atoms with Crippen LogP contribution in [0, 0.1) is 17.8 Å². The number of carbonyl (C=O) groups is 1. The molecule has 1 N–H and O–H groups in total. The van der Waals surface area contributed by atoms with Gasteiger partial charge in [-0.05, 0) is 37.5 Å². The van der Waals surface area contributed by atoms with E-state index in [-0.39, 0.29) is 0 Å². The lowest BCUT2D eigenvalue weighted by atomic mass is 9.88. The predicted octanol–water partition coefficient (Wildman–Crippen LogP) is 3.10. The van der Waals surface area contributed by atoms with Crippen LogP contribution in [-0.4, -0.2) is 17.3 Å². The van der Waals surface area contributed by atoms with E-state index in [0.29, 0.717) is 22.6 Å². The first kappa shape index (κ1) is 12.4. The molecule has 0 heterocycles. The Morgan fingerprint density at radius 3 is 2.81 bits per heavy atom. The quantitative estimate of drug-likeness (QED) is 0.774. The summed E-state index contributed by atoms with van der Waals surface area (Å²) in [5, 5.41) is 3.11. The van der Waals surface area contributed by atoms with Gasteiger partial charge in [0.1, 0.15) is 0 Å². The lowest BCUT2D eigenvalue weighted by Crippen LogP contribution is -2.36. The van der Waals surface area contributed by atoms with E-state index in [2.05, 4.69) is 28.2 Å². The van der Waals surface area contributed by atoms with Gasteiger partial charge in [-0.3, -0.25) is 4.79 Å². The average molecular weight is 288 g/mol. The number of hydrogen-bond acceptors (Lipinski definition) is 1. The van der Waals surface area contributed by atoms with E-state index in [1.54, 1.807) is 0 Å². The lowest BCUT2D eigenvalue weighted by Gasteiger charge is -2.21. The first-order valence-electron chi connectivity index (χ1n) is 6.62. The number of nitrogens with one attached hydrogen (secondary N) is 1. The zero-order chi connectivity index (χ0) is 11.5. The van der Waals surface area contributed by atoms with E-state index in [0.717, 1.165) is 25.3 Å². The Bertz CT molecular complexity index is 256. The lowest BCUT2D eigenvalue weighted by molar-refractivity contribution is -0.126. The molecule has 0 spiro atoms. The van der Waals surface area contributed by atoms with Crippen molar-refractivity contribution in [1.29, 1.82) is 0 Å². The highest BCUT2D eigenvalue weighted by atomic mass is 79.9. The van der Waals surface area contributed by atoms with Gasteiger partial charge in [0.05, 0.1) is 0 Å². The van der Waals surface area contributed by atoms with Crippen LogP contribution in [0.15, 0.2) is 0 Å². The maximum atomic E-state index is 12.0. The molecule has 92 valence electrons. The number of rotatable bonds is 5. The van der Waals surface area contributed by atoms with Gasteiger partial charge >= 0.3 is 0 Å². The van der Waals surface area contributed by atoms with Gasteiger partial charge in [-0.1, -0.05) is 35.7 Å². The van der Waals surface area contributed by atoms with Crippen LogP contribution >= 0.6 is 15.9 Å². The SMILES string of the molecule is CCCC(Br)CNC(=O)C1CC2CCC1C2. The zero-order valence-corrected chi connectivity index (χ0v) is 11.6. The molecule has 2 rings (SSSR count). The van der Waals surface area contributed by atoms with Gasteiger partial charge in [0, 0.05) is 17.3 Å². The molecule has 0 aromatic rings. The Morgan fingerprint density at radius 1 is 1.44 bits per heavy atom. The summed E-state index contributed by atoms with van der Waals surface area (Å²) in [6.07, 6.45) is 7.42. The van der Waals surface area contributed by atoms with Crippen LogP contribution < -0.4 is 5.32 Å². The van der Waals surface area contributed by atoms with E-state index < -0.39 is 0 Å². The van der Waals surface area contributed by atoms with E-state index in [1.165, 1.54) is 25.7 Å². The zero-order valence-electron chi connectivity index (χ0n) is 10.0. The summed E-state index contributed by atoms with van der Waals surface area (Å²) >= 11 is 3.60. The van der Waals surface area contributed by atoms with E-state index in [1.807, 2.05) is 0 Å². The maximum absolute atomic E-state index is 12.0. The molecule has 0 radical (unpaired) electrons. The molecule has 2 saturated carbocycles. The van der Waals surface area contributed by atoms with Crippen LogP contribution in [0.5, 0.6) is 0 Å². The van der Waals surface area contributed by atoms with Gasteiger partial charge in [0.25, 0.3) is 0 Å². The van der Waals surface area contributed by atoms with Gasteiger partial charge in [0.15, 0.2) is 0 Å². The number of amides is 1. The minimum atomic E-state index is 0.313. The molecule has 16 heavy (non-hydrogen) atoms. The van der Waals surface area contributed by atoms with Crippen LogP contribution in [-0.2, 0) is 4.79 Å². The Balaban J connectivity index is 1.72. The molecule has 2 aliphatic rings. The summed E-state index contributed by atoms with van der Waals surface area (Å²) in [6, 6.07) is 0. The van der Waals surface area contributed by atoms with Gasteiger partial charge in [-0.15, -0.1) is 0 Å². The fourth-order valence-electron chi connectivity index (χ4n) is 3.32. The monoisotopic (exact) mass is 287 g/mol. The molecule has 1 amide bonds. The third-order valence-corrected chi connectivity index (χ3v) is 4.96. The highest BCUT2D eigenvalue weighted by molar-refractivity contribution is 9.09. The van der Waals surface area contributed by atoms with Crippen molar-refractivity contribution in [3.05, 3.63) is 0 Å². The van der Waals surface area contributed by atoms with Gasteiger partial charge in [0.2, 0.25) is 5.91 Å². The minimum Gasteiger partial charge on any atom is -0.355 e. The third kappa shape index (κ3) is 2.79. The van der Waals surface area contributed by atoms with Crippen LogP contribution in [0.4, 0.5) is 0 Å². The highest BCUT2D eigenvalue weighted by Gasteiger charge is 2.42. The molecular formula is C13H22BrNO. The molecule has 0 aliphatic heterocycles. The molecule has 3 heteroatoms. The smallest absolute Gasteiger partial charge is 0.223 e. The number of hydrogen-bond donors (Lipinski definition) is 1. The Hall–Kier alpha value is -0.0500. The van der Waals surface area contributed by atoms with Crippen molar-refractivity contribution in [2.45, 2.75) is 50.3 Å². The Labute approximate surface area is 107 Å². The second-order valence-electron chi connectivity index (χ2n) is 5.41. The van der Waals surface area contributed by atoms with Crippen molar-refractivity contribution in [3.63, 3.8) is 0 Å². The van der Waals surface area contributed by atoms with Crippen molar-refractivity contribution in [3.8, 4) is 0 Å². The van der Waals surface area contributed by atoms with Crippen molar-refractivity contribution >= 4 is 21.8 Å². The summed E-state index contributed by atoms with van der Waals surface area (Å²) < 4.78 is 0. The van der Waals surface area contributed by atoms with Gasteiger partial charge in [-0.25, -0.2) is 0 Å². The molecule has 0 saturated heterocycles. The van der Waals surface area contributed by atoms with Crippen molar-refractivity contribution in [1.82, 2.24) is 5.32 Å². The number of carbonyl (C=O) groups excluding carboxylic acids is 1. The summed E-state index contributed by atoms with van der Waals surface area (Å²) in [6.45, 7) is 2.96. The van der Waals surface area contributed by atoms with Crippen LogP contribution in [0.3, 0.4) is 0 Å². The molecule has 2 nitrogen and oxygen atoms in total. The Morgan fingerprint density at radius 2 is 2.25 bits per heavy atom. The fraction of sp³-hybridized carbons (Fsp3) is 0.923. The molecule has 2 fully saturated rings. The second-order valence-corrected chi connectivity index (χ2v) is 6.71. The van der Waals surface area contributed by atoms with Crippen LogP contribution in [0.25, 0.3) is 0 Å². The molecular weight excluding hydrogens is 266 g/mol. The molecule has 4 atom stereocenters. The Kier molecular flexibility index (Phi) is 4.28. The first-order chi connectivity index (χ1) is 7.70. The van der Waals surface area contributed by atoms with Crippen molar-refractivity contribution in [2.24, 2.45) is 17.8 Å². The normalized spacial score (nSPS) is 34.0. The van der Waals surface area contributed by atoms with Gasteiger partial charge in [-0.2, -0.15) is 0 Å². The standard InChI is InChI=1S/C13H22BrNO/c1-2-3-11(14)8-15-13(16)12-7-9-4-5-10(12)6-9/h9-12H,2-8H2,1H3,(H,15,16). The largest absolute Gasteiger partial charge is 0.355 e. The number of halogens is 1. The predicted molar refractivity (Wildman–Crippen MR) is 69.6 cm³/mol. The minimum absolute atomic E-state index is 0.313. The van der Waals surface area contributed by atoms with Crippen LogP contribution in [0.2, 0.25) is 0 Å². The number of alkyl halides is 1. The first-order valence-corrected chi connectivity index (χ1v) is 7.54. The molecule has 4 unspecified atom stereocenters. The highest BCUT2D eigenvalue weighted by Crippen LogP contribution is 2.48. The molecule has 2 aliphatic carbocycles. The maximum Gasteiger partial charge on any atom is 0.223 e. The third-order valence-electron chi connectivity index (χ3n) is 4.17. The molecule has 0 aromatic heterocycles. The summed E-state index contributed by atoms with van der Waals surface area (Å²) in [7, 11) is 0. The van der Waals surface area contributed by atoms with Crippen molar-refractivity contribution < 1.29 is 4.79 Å². The van der Waals surface area contributed by atoms with E-state index in [9.17, 15) is 4.79 Å². The van der Waals surface area contributed by atoms with Crippen LogP contribution in [0.1, 0.15) is 45.4 Å². The summed E-state index contributed by atoms with van der Waals surface area (Å²) in [5.41, 5.74) is 0. The second kappa shape index (κ2) is 5.52. The van der Waals surface area contributed by atoms with E-state index in [4.69, 9.17) is 0 Å². The molecule has 0 aromatic carbocycles. The number of fused-ring (bicyclic) bond motifs is 2.